The van der Waals surface area contributed by atoms with E-state index >= 15 is 0 Å². The van der Waals surface area contributed by atoms with Crippen LogP contribution in [0.25, 0.3) is 11.1 Å². The van der Waals surface area contributed by atoms with E-state index < -0.39 is 0 Å². The lowest BCUT2D eigenvalue weighted by molar-refractivity contribution is 0.415. The lowest BCUT2D eigenvalue weighted by Crippen LogP contribution is -2.15. The van der Waals surface area contributed by atoms with E-state index in [1.165, 1.54) is 16.7 Å². The van der Waals surface area contributed by atoms with E-state index in [9.17, 15) is 0 Å². The minimum Gasteiger partial charge on any atom is -0.497 e. The first-order valence-electron chi connectivity index (χ1n) is 14.0. The summed E-state index contributed by atoms with van der Waals surface area (Å²) in [5.74, 6) is 0.850. The van der Waals surface area contributed by atoms with E-state index in [0.29, 0.717) is 0 Å². The molecule has 41 heavy (non-hydrogen) atoms. The predicted molar refractivity (Wildman–Crippen MR) is 175 cm³/mol. The minimum atomic E-state index is 0.850. The summed E-state index contributed by atoms with van der Waals surface area (Å²) in [5.41, 5.74) is 9.24. The second-order valence-electron chi connectivity index (χ2n) is 9.83. The van der Waals surface area contributed by atoms with Crippen LogP contribution in [0.2, 0.25) is 0 Å². The van der Waals surface area contributed by atoms with Gasteiger partial charge in [-0.3, -0.25) is 0 Å². The van der Waals surface area contributed by atoms with Gasteiger partial charge in [0.15, 0.2) is 0 Å². The molecule has 0 bridgehead atoms. The van der Waals surface area contributed by atoms with Gasteiger partial charge in [0.2, 0.25) is 0 Å². The maximum Gasteiger partial charge on any atom is 0.120 e. The van der Waals surface area contributed by atoms with E-state index in [-0.39, 0.29) is 0 Å². The average Bonchev–Trinajstić information content (AvgIpc) is 3.05. The van der Waals surface area contributed by atoms with Gasteiger partial charge in [0.05, 0.1) is 7.11 Å². The molecule has 0 aliphatic carbocycles. The molecule has 0 spiro atoms. The van der Waals surface area contributed by atoms with Gasteiger partial charge < -0.3 is 14.5 Å². The number of allylic oxidation sites excluding steroid dienone is 3. The molecule has 0 aromatic heterocycles. The quantitative estimate of drug-likeness (QED) is 0.165. The average molecular weight is 537 g/mol. The molecule has 3 nitrogen and oxygen atoms in total. The first-order chi connectivity index (χ1) is 20.2. The molecule has 0 aliphatic rings. The highest BCUT2D eigenvalue weighted by Gasteiger charge is 2.13. The van der Waals surface area contributed by atoms with E-state index in [1.54, 1.807) is 7.11 Å². The topological polar surface area (TPSA) is 15.7 Å². The Labute approximate surface area is 244 Å². The second kappa shape index (κ2) is 13.4. The first-order valence-corrected chi connectivity index (χ1v) is 14.0. The number of benzene rings is 5. The number of methoxy groups -OCH3 is 1. The standard InChI is InChI=1S/C38H36N2O/c1-4-33(18-11-15-30-13-7-5-8-14-30)40(35-16-9-6-10-17-35)36-27-23-32(24-28-36)31-21-25-34(26-22-31)39(2)37-19-12-20-38(29-37)41-3/h4-14,16-29H,15H2,1-3H3/b18-11-,33-4+. The summed E-state index contributed by atoms with van der Waals surface area (Å²) < 4.78 is 5.39. The molecule has 0 saturated carbocycles. The molecule has 5 aromatic carbocycles. The van der Waals surface area contributed by atoms with Crippen LogP contribution >= 0.6 is 0 Å². The fraction of sp³-hybridized carbons (Fsp3) is 0.105. The molecule has 0 saturated heterocycles. The molecule has 204 valence electrons. The van der Waals surface area contributed by atoms with Gasteiger partial charge in [-0.25, -0.2) is 0 Å². The molecule has 0 unspecified atom stereocenters. The molecule has 0 aliphatic heterocycles. The summed E-state index contributed by atoms with van der Waals surface area (Å²) in [6.07, 6.45) is 7.51. The minimum absolute atomic E-state index is 0.850. The van der Waals surface area contributed by atoms with Gasteiger partial charge in [0.25, 0.3) is 0 Å². The number of nitrogens with zero attached hydrogens (tertiary/aromatic N) is 2. The Morgan fingerprint density at radius 3 is 1.80 bits per heavy atom. The van der Waals surface area contributed by atoms with Gasteiger partial charge in [-0.1, -0.05) is 91.0 Å². The van der Waals surface area contributed by atoms with Crippen LogP contribution < -0.4 is 14.5 Å². The molecule has 0 amide bonds. The summed E-state index contributed by atoms with van der Waals surface area (Å²) in [6, 6.07) is 46.7. The highest BCUT2D eigenvalue weighted by atomic mass is 16.5. The number of para-hydroxylation sites is 1. The molecule has 0 fully saturated rings. The fourth-order valence-corrected chi connectivity index (χ4v) is 4.90. The summed E-state index contributed by atoms with van der Waals surface area (Å²) in [4.78, 5) is 4.47. The monoisotopic (exact) mass is 536 g/mol. The molecule has 5 rings (SSSR count). The van der Waals surface area contributed by atoms with Crippen molar-refractivity contribution in [2.24, 2.45) is 0 Å². The largest absolute Gasteiger partial charge is 0.497 e. The third-order valence-electron chi connectivity index (χ3n) is 7.21. The third-order valence-corrected chi connectivity index (χ3v) is 7.21. The molecular formula is C38H36N2O. The van der Waals surface area contributed by atoms with Crippen LogP contribution in [0.4, 0.5) is 22.7 Å². The van der Waals surface area contributed by atoms with Crippen LogP contribution in [0, 0.1) is 0 Å². The van der Waals surface area contributed by atoms with E-state index in [0.717, 1.165) is 40.6 Å². The van der Waals surface area contributed by atoms with Crippen LogP contribution in [0.3, 0.4) is 0 Å². The maximum atomic E-state index is 5.39. The summed E-state index contributed by atoms with van der Waals surface area (Å²) in [7, 11) is 3.77. The van der Waals surface area contributed by atoms with E-state index in [4.69, 9.17) is 4.74 Å². The lowest BCUT2D eigenvalue weighted by atomic mass is 10.0. The molecule has 0 heterocycles. The zero-order valence-electron chi connectivity index (χ0n) is 23.9. The Kier molecular flexibility index (Phi) is 8.98. The van der Waals surface area contributed by atoms with Crippen LogP contribution in [0.15, 0.2) is 157 Å². The molecular weight excluding hydrogens is 500 g/mol. The fourth-order valence-electron chi connectivity index (χ4n) is 4.90. The summed E-state index contributed by atoms with van der Waals surface area (Å²) >= 11 is 0. The number of hydrogen-bond donors (Lipinski definition) is 0. The van der Waals surface area contributed by atoms with Crippen molar-refractivity contribution >= 4 is 22.7 Å². The Balaban J connectivity index is 1.37. The van der Waals surface area contributed by atoms with Crippen LogP contribution in [0.1, 0.15) is 12.5 Å². The van der Waals surface area contributed by atoms with Crippen molar-refractivity contribution in [3.63, 3.8) is 0 Å². The van der Waals surface area contributed by atoms with Gasteiger partial charge >= 0.3 is 0 Å². The van der Waals surface area contributed by atoms with Gasteiger partial charge in [0, 0.05) is 41.6 Å². The summed E-state index contributed by atoms with van der Waals surface area (Å²) in [6.45, 7) is 2.09. The highest BCUT2D eigenvalue weighted by Crippen LogP contribution is 2.33. The smallest absolute Gasteiger partial charge is 0.120 e. The van der Waals surface area contributed by atoms with Crippen LogP contribution in [-0.4, -0.2) is 14.2 Å². The van der Waals surface area contributed by atoms with Crippen LogP contribution in [0.5, 0.6) is 5.75 Å². The van der Waals surface area contributed by atoms with Gasteiger partial charge in [-0.05, 0) is 84.6 Å². The number of rotatable bonds is 10. The van der Waals surface area contributed by atoms with Crippen molar-refractivity contribution in [1.82, 2.24) is 0 Å². The molecule has 0 atom stereocenters. The Hall–Kier alpha value is -5.02. The molecule has 3 heteroatoms. The maximum absolute atomic E-state index is 5.39. The Bertz CT molecular complexity index is 1590. The number of anilines is 4. The number of ether oxygens (including phenoxy) is 1. The van der Waals surface area contributed by atoms with Gasteiger partial charge in [-0.2, -0.15) is 0 Å². The van der Waals surface area contributed by atoms with Crippen molar-refractivity contribution in [1.29, 1.82) is 0 Å². The molecule has 5 aromatic rings. The second-order valence-corrected chi connectivity index (χ2v) is 9.83. The number of hydrogen-bond acceptors (Lipinski definition) is 3. The van der Waals surface area contributed by atoms with Crippen molar-refractivity contribution in [2.45, 2.75) is 13.3 Å². The van der Waals surface area contributed by atoms with E-state index in [1.807, 2.05) is 18.2 Å². The molecule has 0 radical (unpaired) electrons. The Morgan fingerprint density at radius 2 is 1.20 bits per heavy atom. The zero-order valence-corrected chi connectivity index (χ0v) is 23.9. The van der Waals surface area contributed by atoms with E-state index in [2.05, 4.69) is 157 Å². The Morgan fingerprint density at radius 1 is 0.634 bits per heavy atom. The molecule has 0 N–H and O–H groups in total. The third kappa shape index (κ3) is 6.77. The normalized spacial score (nSPS) is 11.4. The zero-order chi connectivity index (χ0) is 28.4. The van der Waals surface area contributed by atoms with Gasteiger partial charge in [-0.15, -0.1) is 0 Å². The van der Waals surface area contributed by atoms with Crippen molar-refractivity contribution in [2.75, 3.05) is 24.0 Å². The van der Waals surface area contributed by atoms with Crippen molar-refractivity contribution in [3.05, 3.63) is 163 Å². The van der Waals surface area contributed by atoms with Crippen LogP contribution in [-0.2, 0) is 6.42 Å². The first kappa shape index (κ1) is 27.5. The SMILES string of the molecule is C/C=C(\C=C/Cc1ccccc1)N(c1ccccc1)c1ccc(-c2ccc(N(C)c3cccc(OC)c3)cc2)cc1. The summed E-state index contributed by atoms with van der Waals surface area (Å²) in [5, 5.41) is 0. The van der Waals surface area contributed by atoms with Gasteiger partial charge in [0.1, 0.15) is 5.75 Å². The predicted octanol–water partition coefficient (Wildman–Crippen LogP) is 9.97. The van der Waals surface area contributed by atoms with Crippen molar-refractivity contribution < 1.29 is 4.74 Å². The lowest BCUT2D eigenvalue weighted by Gasteiger charge is -2.26. The highest BCUT2D eigenvalue weighted by molar-refractivity contribution is 5.75. The van der Waals surface area contributed by atoms with Crippen molar-refractivity contribution in [3.8, 4) is 16.9 Å².